The minimum absolute atomic E-state index is 0.0879. The number of nitrogens with one attached hydrogen (secondary N) is 2. The summed E-state index contributed by atoms with van der Waals surface area (Å²) in [4.78, 5) is 17.8. The second-order valence-electron chi connectivity index (χ2n) is 9.72. The van der Waals surface area contributed by atoms with E-state index in [1.165, 1.54) is 23.3 Å². The Balaban J connectivity index is 1.55. The summed E-state index contributed by atoms with van der Waals surface area (Å²) >= 11 is 0. The van der Waals surface area contributed by atoms with Gasteiger partial charge >= 0.3 is 0 Å². The fourth-order valence-electron chi connectivity index (χ4n) is 4.49. The zero-order valence-corrected chi connectivity index (χ0v) is 21.9. The average Bonchev–Trinajstić information content (AvgIpc) is 2.92. The SMILES string of the molecule is Cc1cccc(CNCC(C)[C@H](Cc2cccc(F)c2)NC(=O)/C(=C\c2ccncc2)c2ccccc2)c1. The molecule has 0 saturated heterocycles. The maximum atomic E-state index is 14.0. The molecular weight excluding hydrogens is 473 g/mol. The lowest BCUT2D eigenvalue weighted by atomic mass is 9.93. The van der Waals surface area contributed by atoms with Crippen LogP contribution in [0.1, 0.15) is 34.7 Å². The molecule has 38 heavy (non-hydrogen) atoms. The van der Waals surface area contributed by atoms with E-state index in [-0.39, 0.29) is 23.7 Å². The molecule has 0 radical (unpaired) electrons. The van der Waals surface area contributed by atoms with Gasteiger partial charge in [-0.05, 0) is 78.4 Å². The van der Waals surface area contributed by atoms with Crippen LogP contribution in [-0.2, 0) is 17.8 Å². The van der Waals surface area contributed by atoms with Gasteiger partial charge in [0.25, 0.3) is 5.91 Å². The lowest BCUT2D eigenvalue weighted by Crippen LogP contribution is -2.44. The number of hydrogen-bond donors (Lipinski definition) is 2. The molecule has 4 aromatic rings. The number of carbonyl (C=O) groups is 1. The van der Waals surface area contributed by atoms with E-state index in [1.54, 1.807) is 18.5 Å². The molecule has 4 rings (SSSR count). The van der Waals surface area contributed by atoms with E-state index in [0.717, 1.165) is 23.2 Å². The van der Waals surface area contributed by atoms with Gasteiger partial charge in [0.1, 0.15) is 5.82 Å². The second-order valence-corrected chi connectivity index (χ2v) is 9.72. The third-order valence-corrected chi connectivity index (χ3v) is 6.57. The third kappa shape index (κ3) is 7.95. The van der Waals surface area contributed by atoms with Gasteiger partial charge in [0.2, 0.25) is 0 Å². The van der Waals surface area contributed by atoms with Crippen LogP contribution in [-0.4, -0.2) is 23.5 Å². The highest BCUT2D eigenvalue weighted by molar-refractivity contribution is 6.24. The first-order valence-corrected chi connectivity index (χ1v) is 13.0. The van der Waals surface area contributed by atoms with Crippen LogP contribution in [0, 0.1) is 18.7 Å². The summed E-state index contributed by atoms with van der Waals surface area (Å²) in [7, 11) is 0. The minimum Gasteiger partial charge on any atom is -0.349 e. The molecule has 194 valence electrons. The van der Waals surface area contributed by atoms with Crippen molar-refractivity contribution in [3.05, 3.63) is 137 Å². The van der Waals surface area contributed by atoms with Crippen molar-refractivity contribution in [1.29, 1.82) is 0 Å². The zero-order chi connectivity index (χ0) is 26.7. The molecular formula is C33H34FN3O. The number of halogens is 1. The number of benzene rings is 3. The van der Waals surface area contributed by atoms with Crippen LogP contribution in [0.5, 0.6) is 0 Å². The first-order chi connectivity index (χ1) is 18.5. The molecule has 0 aliphatic heterocycles. The quantitative estimate of drug-likeness (QED) is 0.237. The standard InChI is InChI=1S/C33H34FN3O/c1-24-8-6-10-28(18-24)23-36-22-25(2)32(21-27-9-7-13-30(34)19-27)37-33(38)31(29-11-4-3-5-12-29)20-26-14-16-35-17-15-26/h3-20,25,32,36H,21-23H2,1-2H3,(H,37,38)/b31-20-/t25?,32-/m0/s1. The van der Waals surface area contributed by atoms with Crippen LogP contribution < -0.4 is 10.6 Å². The molecule has 1 amide bonds. The molecule has 1 aromatic heterocycles. The fourth-order valence-corrected chi connectivity index (χ4v) is 4.49. The van der Waals surface area contributed by atoms with Gasteiger partial charge in [-0.25, -0.2) is 4.39 Å². The van der Waals surface area contributed by atoms with Crippen molar-refractivity contribution >= 4 is 17.6 Å². The van der Waals surface area contributed by atoms with Gasteiger partial charge < -0.3 is 10.6 Å². The van der Waals surface area contributed by atoms with Gasteiger partial charge in [-0.2, -0.15) is 0 Å². The highest BCUT2D eigenvalue weighted by Crippen LogP contribution is 2.20. The Morgan fingerprint density at radius 2 is 1.66 bits per heavy atom. The van der Waals surface area contributed by atoms with E-state index < -0.39 is 0 Å². The minimum atomic E-state index is -0.277. The van der Waals surface area contributed by atoms with Crippen molar-refractivity contribution in [2.45, 2.75) is 32.9 Å². The van der Waals surface area contributed by atoms with E-state index in [4.69, 9.17) is 0 Å². The summed E-state index contributed by atoms with van der Waals surface area (Å²) in [5, 5.41) is 6.81. The maximum Gasteiger partial charge on any atom is 0.252 e. The molecule has 1 unspecified atom stereocenters. The molecule has 0 saturated carbocycles. The Bertz CT molecular complexity index is 1360. The number of amides is 1. The smallest absolute Gasteiger partial charge is 0.252 e. The van der Waals surface area contributed by atoms with Gasteiger partial charge in [-0.15, -0.1) is 0 Å². The monoisotopic (exact) mass is 507 g/mol. The molecule has 0 aliphatic rings. The summed E-state index contributed by atoms with van der Waals surface area (Å²) in [6.07, 6.45) is 5.82. The first-order valence-electron chi connectivity index (χ1n) is 13.0. The Labute approximate surface area is 224 Å². The normalized spacial score (nSPS) is 13.1. The van der Waals surface area contributed by atoms with Crippen LogP contribution in [0.4, 0.5) is 4.39 Å². The third-order valence-electron chi connectivity index (χ3n) is 6.57. The van der Waals surface area contributed by atoms with Crippen LogP contribution in [0.15, 0.2) is 103 Å². The Kier molecular flexibility index (Phi) is 9.54. The summed E-state index contributed by atoms with van der Waals surface area (Å²) in [6.45, 7) is 5.63. The average molecular weight is 508 g/mol. The van der Waals surface area contributed by atoms with Crippen LogP contribution >= 0.6 is 0 Å². The van der Waals surface area contributed by atoms with E-state index in [9.17, 15) is 9.18 Å². The van der Waals surface area contributed by atoms with Crippen LogP contribution in [0.2, 0.25) is 0 Å². The number of aromatic nitrogens is 1. The van der Waals surface area contributed by atoms with E-state index >= 15 is 0 Å². The number of nitrogens with zero attached hydrogens (tertiary/aromatic N) is 1. The number of pyridine rings is 1. The number of hydrogen-bond acceptors (Lipinski definition) is 3. The predicted octanol–water partition coefficient (Wildman–Crippen LogP) is 6.22. The Hall–Kier alpha value is -4.09. The molecule has 5 heteroatoms. The summed E-state index contributed by atoms with van der Waals surface area (Å²) in [5.41, 5.74) is 5.58. The van der Waals surface area contributed by atoms with Gasteiger partial charge in [0.15, 0.2) is 0 Å². The lowest BCUT2D eigenvalue weighted by Gasteiger charge is -2.27. The molecule has 2 N–H and O–H groups in total. The highest BCUT2D eigenvalue weighted by atomic mass is 19.1. The molecule has 1 heterocycles. The van der Waals surface area contributed by atoms with Crippen molar-refractivity contribution in [3.8, 4) is 0 Å². The van der Waals surface area contributed by atoms with Gasteiger partial charge in [-0.3, -0.25) is 9.78 Å². The van der Waals surface area contributed by atoms with Crippen molar-refractivity contribution < 1.29 is 9.18 Å². The number of carbonyl (C=O) groups excluding carboxylic acids is 1. The van der Waals surface area contributed by atoms with Crippen molar-refractivity contribution in [2.75, 3.05) is 6.54 Å². The van der Waals surface area contributed by atoms with Crippen molar-refractivity contribution in [2.24, 2.45) is 5.92 Å². The molecule has 2 atom stereocenters. The maximum absolute atomic E-state index is 14.0. The topological polar surface area (TPSA) is 54.0 Å². The molecule has 0 fully saturated rings. The van der Waals surface area contributed by atoms with E-state index in [0.29, 0.717) is 18.5 Å². The second kappa shape index (κ2) is 13.5. The summed E-state index contributed by atoms with van der Waals surface area (Å²) < 4.78 is 14.0. The molecule has 0 aliphatic carbocycles. The van der Waals surface area contributed by atoms with Gasteiger partial charge in [0, 0.05) is 30.6 Å². The summed E-state index contributed by atoms with van der Waals surface area (Å²) in [6, 6.07) is 28.2. The Morgan fingerprint density at radius 1 is 0.921 bits per heavy atom. The zero-order valence-electron chi connectivity index (χ0n) is 21.9. The predicted molar refractivity (Wildman–Crippen MR) is 153 cm³/mol. The molecule has 0 bridgehead atoms. The Morgan fingerprint density at radius 3 is 2.39 bits per heavy atom. The molecule has 0 spiro atoms. The van der Waals surface area contributed by atoms with Gasteiger partial charge in [-0.1, -0.05) is 79.2 Å². The van der Waals surface area contributed by atoms with Gasteiger partial charge in [0.05, 0.1) is 0 Å². The summed E-state index contributed by atoms with van der Waals surface area (Å²) in [5.74, 6) is -0.356. The number of rotatable bonds is 11. The van der Waals surface area contributed by atoms with E-state index in [2.05, 4.69) is 53.7 Å². The van der Waals surface area contributed by atoms with Crippen LogP contribution in [0.25, 0.3) is 11.6 Å². The number of aryl methyl sites for hydroxylation is 1. The van der Waals surface area contributed by atoms with E-state index in [1.807, 2.05) is 54.6 Å². The first kappa shape index (κ1) is 27.0. The fraction of sp³-hybridized carbons (Fsp3) is 0.212. The lowest BCUT2D eigenvalue weighted by molar-refractivity contribution is -0.116. The van der Waals surface area contributed by atoms with Crippen molar-refractivity contribution in [1.82, 2.24) is 15.6 Å². The molecule has 3 aromatic carbocycles. The van der Waals surface area contributed by atoms with Crippen LogP contribution in [0.3, 0.4) is 0 Å². The highest BCUT2D eigenvalue weighted by Gasteiger charge is 2.23. The largest absolute Gasteiger partial charge is 0.349 e. The molecule has 4 nitrogen and oxygen atoms in total. The van der Waals surface area contributed by atoms with Crippen molar-refractivity contribution in [3.63, 3.8) is 0 Å².